The summed E-state index contributed by atoms with van der Waals surface area (Å²) in [4.78, 5) is 8.15. The maximum Gasteiger partial charge on any atom is 0.235 e. The summed E-state index contributed by atoms with van der Waals surface area (Å²) in [5.74, 6) is 1.01. The van der Waals surface area contributed by atoms with Gasteiger partial charge in [-0.15, -0.1) is 0 Å². The second-order valence-corrected chi connectivity index (χ2v) is 3.60. The summed E-state index contributed by atoms with van der Waals surface area (Å²) in [5.41, 5.74) is 5.66. The number of nitrogens with zero attached hydrogens (tertiary/aromatic N) is 2. The molecule has 5 nitrogen and oxygen atoms in total. The van der Waals surface area contributed by atoms with E-state index < -0.39 is 0 Å². The van der Waals surface area contributed by atoms with Crippen LogP contribution in [0, 0.1) is 0 Å². The smallest absolute Gasteiger partial charge is 0.235 e. The lowest BCUT2D eigenvalue weighted by Gasteiger charge is -2.31. The first kappa shape index (κ1) is 10.2. The van der Waals surface area contributed by atoms with Crippen molar-refractivity contribution in [2.45, 2.75) is 31.9 Å². The molecular weight excluding hydrogens is 194 g/mol. The van der Waals surface area contributed by atoms with Crippen LogP contribution in [0.5, 0.6) is 11.8 Å². The SMILES string of the molecule is CCOc1cncc(OC2CC(N)C2)n1. The van der Waals surface area contributed by atoms with E-state index in [1.54, 1.807) is 12.4 Å². The molecule has 2 rings (SSSR count). The van der Waals surface area contributed by atoms with Crippen LogP contribution in [0.2, 0.25) is 0 Å². The molecule has 1 aromatic heterocycles. The molecule has 0 atom stereocenters. The van der Waals surface area contributed by atoms with Crippen LogP contribution < -0.4 is 15.2 Å². The zero-order valence-corrected chi connectivity index (χ0v) is 8.72. The van der Waals surface area contributed by atoms with Crippen molar-refractivity contribution >= 4 is 0 Å². The van der Waals surface area contributed by atoms with Crippen molar-refractivity contribution in [1.29, 1.82) is 0 Å². The summed E-state index contributed by atoms with van der Waals surface area (Å²) in [6, 6.07) is 0.276. The predicted molar refractivity (Wildman–Crippen MR) is 54.8 cm³/mol. The lowest BCUT2D eigenvalue weighted by Crippen LogP contribution is -2.43. The Labute approximate surface area is 88.6 Å². The minimum absolute atomic E-state index is 0.186. The van der Waals surface area contributed by atoms with Crippen molar-refractivity contribution in [3.05, 3.63) is 12.4 Å². The predicted octanol–water partition coefficient (Wildman–Crippen LogP) is 0.744. The lowest BCUT2D eigenvalue weighted by atomic mass is 9.90. The van der Waals surface area contributed by atoms with Gasteiger partial charge in [-0.05, 0) is 19.8 Å². The van der Waals surface area contributed by atoms with Crippen molar-refractivity contribution in [1.82, 2.24) is 9.97 Å². The Balaban J connectivity index is 1.93. The van der Waals surface area contributed by atoms with Gasteiger partial charge in [-0.2, -0.15) is 4.98 Å². The number of aromatic nitrogens is 2. The Morgan fingerprint density at radius 3 is 2.80 bits per heavy atom. The van der Waals surface area contributed by atoms with E-state index in [2.05, 4.69) is 9.97 Å². The molecule has 0 amide bonds. The maximum atomic E-state index is 5.66. The maximum absolute atomic E-state index is 5.66. The van der Waals surface area contributed by atoms with Crippen LogP contribution >= 0.6 is 0 Å². The minimum Gasteiger partial charge on any atom is -0.477 e. The van der Waals surface area contributed by atoms with Gasteiger partial charge in [0.15, 0.2) is 0 Å². The van der Waals surface area contributed by atoms with Crippen LogP contribution in [0.4, 0.5) is 0 Å². The van der Waals surface area contributed by atoms with Crippen LogP contribution in [0.1, 0.15) is 19.8 Å². The molecule has 1 aliphatic rings. The highest BCUT2D eigenvalue weighted by Crippen LogP contribution is 2.23. The Morgan fingerprint density at radius 1 is 1.40 bits per heavy atom. The van der Waals surface area contributed by atoms with Gasteiger partial charge in [-0.3, -0.25) is 4.98 Å². The standard InChI is InChI=1S/C10H15N3O2/c1-2-14-9-5-12-6-10(13-9)15-8-3-7(11)4-8/h5-8H,2-4,11H2,1H3. The van der Waals surface area contributed by atoms with E-state index in [-0.39, 0.29) is 12.1 Å². The molecule has 0 unspecified atom stereocenters. The molecule has 15 heavy (non-hydrogen) atoms. The molecule has 0 bridgehead atoms. The van der Waals surface area contributed by atoms with Gasteiger partial charge in [0.2, 0.25) is 11.8 Å². The molecule has 1 aliphatic carbocycles. The first-order valence-electron chi connectivity index (χ1n) is 5.15. The van der Waals surface area contributed by atoms with Crippen molar-refractivity contribution in [2.24, 2.45) is 5.73 Å². The molecule has 1 heterocycles. The van der Waals surface area contributed by atoms with Gasteiger partial charge >= 0.3 is 0 Å². The van der Waals surface area contributed by atoms with Crippen LogP contribution in [-0.4, -0.2) is 28.7 Å². The normalized spacial score (nSPS) is 24.4. The van der Waals surface area contributed by atoms with Gasteiger partial charge in [-0.25, -0.2) is 0 Å². The number of hydrogen-bond acceptors (Lipinski definition) is 5. The third kappa shape index (κ3) is 2.56. The minimum atomic E-state index is 0.186. The monoisotopic (exact) mass is 209 g/mol. The molecule has 1 aromatic rings. The molecule has 1 fully saturated rings. The summed E-state index contributed by atoms with van der Waals surface area (Å²) in [6.07, 6.45) is 5.13. The van der Waals surface area contributed by atoms with Gasteiger partial charge in [0, 0.05) is 6.04 Å². The number of ether oxygens (including phenoxy) is 2. The molecule has 0 aliphatic heterocycles. The molecule has 82 valence electrons. The fourth-order valence-electron chi connectivity index (χ4n) is 1.48. The molecule has 0 spiro atoms. The van der Waals surface area contributed by atoms with Crippen LogP contribution in [-0.2, 0) is 0 Å². The van der Waals surface area contributed by atoms with Gasteiger partial charge in [-0.1, -0.05) is 0 Å². The van der Waals surface area contributed by atoms with Crippen LogP contribution in [0.25, 0.3) is 0 Å². The van der Waals surface area contributed by atoms with Crippen LogP contribution in [0.15, 0.2) is 12.4 Å². The molecule has 2 N–H and O–H groups in total. The largest absolute Gasteiger partial charge is 0.477 e. The van der Waals surface area contributed by atoms with Gasteiger partial charge in [0.05, 0.1) is 19.0 Å². The van der Waals surface area contributed by atoms with Gasteiger partial charge in [0.1, 0.15) is 6.10 Å². The van der Waals surface area contributed by atoms with E-state index in [1.807, 2.05) is 6.92 Å². The fourth-order valence-corrected chi connectivity index (χ4v) is 1.48. The van der Waals surface area contributed by atoms with E-state index in [0.29, 0.717) is 18.4 Å². The highest BCUT2D eigenvalue weighted by Gasteiger charge is 2.28. The number of nitrogens with two attached hydrogens (primary N) is 1. The van der Waals surface area contributed by atoms with Crippen molar-refractivity contribution in [2.75, 3.05) is 6.61 Å². The molecule has 0 aromatic carbocycles. The topological polar surface area (TPSA) is 70.3 Å². The third-order valence-electron chi connectivity index (χ3n) is 2.30. The number of rotatable bonds is 4. The zero-order valence-electron chi connectivity index (χ0n) is 8.72. The van der Waals surface area contributed by atoms with Gasteiger partial charge < -0.3 is 15.2 Å². The molecule has 1 saturated carbocycles. The highest BCUT2D eigenvalue weighted by atomic mass is 16.5. The molecule has 5 heteroatoms. The Bertz CT molecular complexity index is 326. The fraction of sp³-hybridized carbons (Fsp3) is 0.600. The van der Waals surface area contributed by atoms with Crippen LogP contribution in [0.3, 0.4) is 0 Å². The Morgan fingerprint density at radius 2 is 2.13 bits per heavy atom. The molecule has 0 saturated heterocycles. The third-order valence-corrected chi connectivity index (χ3v) is 2.30. The quantitative estimate of drug-likeness (QED) is 0.792. The number of hydrogen-bond donors (Lipinski definition) is 1. The van der Waals surface area contributed by atoms with E-state index in [0.717, 1.165) is 12.8 Å². The first-order chi connectivity index (χ1) is 7.28. The van der Waals surface area contributed by atoms with Crippen molar-refractivity contribution in [3.63, 3.8) is 0 Å². The van der Waals surface area contributed by atoms with E-state index in [4.69, 9.17) is 15.2 Å². The van der Waals surface area contributed by atoms with E-state index >= 15 is 0 Å². The zero-order chi connectivity index (χ0) is 10.7. The summed E-state index contributed by atoms with van der Waals surface area (Å²) in [7, 11) is 0. The summed E-state index contributed by atoms with van der Waals surface area (Å²) < 4.78 is 10.8. The Kier molecular flexibility index (Phi) is 3.01. The second kappa shape index (κ2) is 4.44. The van der Waals surface area contributed by atoms with Crippen molar-refractivity contribution < 1.29 is 9.47 Å². The lowest BCUT2D eigenvalue weighted by molar-refractivity contribution is 0.0943. The average molecular weight is 209 g/mol. The first-order valence-corrected chi connectivity index (χ1v) is 5.15. The average Bonchev–Trinajstić information content (AvgIpc) is 2.17. The van der Waals surface area contributed by atoms with E-state index in [1.165, 1.54) is 0 Å². The molecule has 0 radical (unpaired) electrons. The summed E-state index contributed by atoms with van der Waals surface area (Å²) in [6.45, 7) is 2.48. The second-order valence-electron chi connectivity index (χ2n) is 3.60. The van der Waals surface area contributed by atoms with E-state index in [9.17, 15) is 0 Å². The Hall–Kier alpha value is -1.36. The summed E-state index contributed by atoms with van der Waals surface area (Å²) in [5, 5.41) is 0. The van der Waals surface area contributed by atoms with Gasteiger partial charge in [0.25, 0.3) is 0 Å². The summed E-state index contributed by atoms with van der Waals surface area (Å²) >= 11 is 0. The molecular formula is C10H15N3O2. The van der Waals surface area contributed by atoms with Crippen molar-refractivity contribution in [3.8, 4) is 11.8 Å². The highest BCUT2D eigenvalue weighted by molar-refractivity contribution is 5.13.